The number of hydrogen-bond acceptors (Lipinski definition) is 1. The van der Waals surface area contributed by atoms with E-state index in [-0.39, 0.29) is 0 Å². The van der Waals surface area contributed by atoms with Crippen LogP contribution in [0.2, 0.25) is 0 Å². The highest BCUT2D eigenvalue weighted by atomic mass is 35.5. The molecule has 0 fully saturated rings. The molecule has 1 aromatic rings. The fourth-order valence-electron chi connectivity index (χ4n) is 1.57. The first-order chi connectivity index (χ1) is 7.40. The van der Waals surface area contributed by atoms with Gasteiger partial charge in [0.2, 0.25) is 0 Å². The van der Waals surface area contributed by atoms with Crippen molar-refractivity contribution in [3.8, 4) is 11.8 Å². The summed E-state index contributed by atoms with van der Waals surface area (Å²) >= 11 is 5.58. The van der Waals surface area contributed by atoms with Gasteiger partial charge in [-0.2, -0.15) is 0 Å². The van der Waals surface area contributed by atoms with Gasteiger partial charge >= 0.3 is 0 Å². The van der Waals surface area contributed by atoms with E-state index in [1.54, 1.807) is 0 Å². The van der Waals surface area contributed by atoms with Gasteiger partial charge in [0.15, 0.2) is 0 Å². The first-order valence-corrected chi connectivity index (χ1v) is 5.68. The van der Waals surface area contributed by atoms with Crippen LogP contribution in [0.3, 0.4) is 0 Å². The number of benzene rings is 1. The minimum Gasteiger partial charge on any atom is -0.372 e. The van der Waals surface area contributed by atoms with Crippen molar-refractivity contribution in [2.24, 2.45) is 0 Å². The van der Waals surface area contributed by atoms with Gasteiger partial charge in [-0.05, 0) is 29.7 Å². The van der Waals surface area contributed by atoms with E-state index in [4.69, 9.17) is 16.3 Å². The Morgan fingerprint density at radius 1 is 1.27 bits per heavy atom. The molecule has 0 radical (unpaired) electrons. The average molecular weight is 221 g/mol. The minimum absolute atomic E-state index is 0.687. The molecule has 0 aromatic heterocycles. The molecule has 0 N–H and O–H groups in total. The third kappa shape index (κ3) is 2.75. The molecule has 1 aromatic carbocycles. The van der Waals surface area contributed by atoms with Gasteiger partial charge < -0.3 is 4.74 Å². The van der Waals surface area contributed by atoms with Gasteiger partial charge in [0, 0.05) is 17.9 Å². The largest absolute Gasteiger partial charge is 0.372 e. The van der Waals surface area contributed by atoms with E-state index in [9.17, 15) is 0 Å². The lowest BCUT2D eigenvalue weighted by molar-refractivity contribution is 0.134. The summed E-state index contributed by atoms with van der Waals surface area (Å²) in [4.78, 5) is 0. The molecule has 0 bridgehead atoms. The summed E-state index contributed by atoms with van der Waals surface area (Å²) in [6.45, 7) is 1.47. The Balaban J connectivity index is 2.05. The SMILES string of the molecule is ClCCCC#Cc1ccc2c(c1)COC2. The van der Waals surface area contributed by atoms with Gasteiger partial charge in [0.25, 0.3) is 0 Å². The predicted molar refractivity (Wildman–Crippen MR) is 61.8 cm³/mol. The molecule has 2 rings (SSSR count). The van der Waals surface area contributed by atoms with Crippen LogP contribution >= 0.6 is 11.6 Å². The normalized spacial score (nSPS) is 13.1. The second-order valence-corrected chi connectivity index (χ2v) is 3.95. The van der Waals surface area contributed by atoms with E-state index in [1.165, 1.54) is 11.1 Å². The van der Waals surface area contributed by atoms with Crippen molar-refractivity contribution in [3.05, 3.63) is 34.9 Å². The molecule has 0 amide bonds. The monoisotopic (exact) mass is 220 g/mol. The molecule has 1 aliphatic heterocycles. The first-order valence-electron chi connectivity index (χ1n) is 5.14. The molecule has 0 saturated carbocycles. The van der Waals surface area contributed by atoms with Gasteiger partial charge in [0.1, 0.15) is 0 Å². The van der Waals surface area contributed by atoms with E-state index < -0.39 is 0 Å². The molecule has 2 heteroatoms. The van der Waals surface area contributed by atoms with E-state index in [0.29, 0.717) is 5.88 Å². The van der Waals surface area contributed by atoms with Crippen LogP contribution in [0.25, 0.3) is 0 Å². The maximum absolute atomic E-state index is 5.58. The molecule has 1 aliphatic rings. The second-order valence-electron chi connectivity index (χ2n) is 3.57. The summed E-state index contributed by atoms with van der Waals surface area (Å²) in [7, 11) is 0. The van der Waals surface area contributed by atoms with E-state index in [1.807, 2.05) is 0 Å². The zero-order chi connectivity index (χ0) is 10.5. The van der Waals surface area contributed by atoms with Crippen molar-refractivity contribution >= 4 is 11.6 Å². The first kappa shape index (κ1) is 10.5. The maximum Gasteiger partial charge on any atom is 0.0725 e. The number of fused-ring (bicyclic) bond motifs is 1. The third-order valence-electron chi connectivity index (χ3n) is 2.39. The summed E-state index contributed by atoms with van der Waals surface area (Å²) in [5, 5.41) is 0. The summed E-state index contributed by atoms with van der Waals surface area (Å²) in [5.74, 6) is 6.95. The Morgan fingerprint density at radius 2 is 2.13 bits per heavy atom. The van der Waals surface area contributed by atoms with Crippen molar-refractivity contribution in [1.29, 1.82) is 0 Å². The number of hydrogen-bond donors (Lipinski definition) is 0. The molecule has 0 unspecified atom stereocenters. The summed E-state index contributed by atoms with van der Waals surface area (Å²) < 4.78 is 5.35. The fraction of sp³-hybridized carbons (Fsp3) is 0.385. The highest BCUT2D eigenvalue weighted by Gasteiger charge is 2.09. The maximum atomic E-state index is 5.58. The van der Waals surface area contributed by atoms with Gasteiger partial charge in [-0.1, -0.05) is 17.9 Å². The van der Waals surface area contributed by atoms with E-state index in [2.05, 4.69) is 30.0 Å². The Kier molecular flexibility index (Phi) is 3.66. The van der Waals surface area contributed by atoms with Crippen molar-refractivity contribution < 1.29 is 4.74 Å². The standard InChI is InChI=1S/C13H13ClO/c14-7-3-1-2-4-11-5-6-12-9-15-10-13(12)8-11/h5-6,8H,1,3,7,9-10H2. The Hall–Kier alpha value is -0.970. The van der Waals surface area contributed by atoms with Crippen LogP contribution < -0.4 is 0 Å². The number of ether oxygens (including phenoxy) is 1. The molecule has 1 heterocycles. The van der Waals surface area contributed by atoms with Crippen molar-refractivity contribution in [3.63, 3.8) is 0 Å². The number of rotatable bonds is 2. The highest BCUT2D eigenvalue weighted by molar-refractivity contribution is 6.17. The fourth-order valence-corrected chi connectivity index (χ4v) is 1.70. The van der Waals surface area contributed by atoms with E-state index >= 15 is 0 Å². The van der Waals surface area contributed by atoms with Crippen LogP contribution in [0.1, 0.15) is 29.5 Å². The van der Waals surface area contributed by atoms with Crippen LogP contribution in [0, 0.1) is 11.8 Å². The molecule has 0 atom stereocenters. The van der Waals surface area contributed by atoms with Crippen LogP contribution in [0.5, 0.6) is 0 Å². The molecule has 0 saturated heterocycles. The van der Waals surface area contributed by atoms with E-state index in [0.717, 1.165) is 31.6 Å². The second kappa shape index (κ2) is 5.21. The predicted octanol–water partition coefficient (Wildman–Crippen LogP) is 3.09. The molecule has 15 heavy (non-hydrogen) atoms. The van der Waals surface area contributed by atoms with Crippen LogP contribution in [-0.4, -0.2) is 5.88 Å². The summed E-state index contributed by atoms with van der Waals surface area (Å²) in [6, 6.07) is 6.28. The molecule has 0 aliphatic carbocycles. The Labute approximate surface area is 95.4 Å². The summed E-state index contributed by atoms with van der Waals surface area (Å²) in [5.41, 5.74) is 3.65. The van der Waals surface area contributed by atoms with Gasteiger partial charge in [0.05, 0.1) is 13.2 Å². The van der Waals surface area contributed by atoms with Gasteiger partial charge in [-0.15, -0.1) is 11.6 Å². The molecular weight excluding hydrogens is 208 g/mol. The molecule has 0 spiro atoms. The van der Waals surface area contributed by atoms with Crippen LogP contribution in [-0.2, 0) is 18.0 Å². The van der Waals surface area contributed by atoms with Gasteiger partial charge in [-0.25, -0.2) is 0 Å². The lowest BCUT2D eigenvalue weighted by atomic mass is 10.1. The minimum atomic E-state index is 0.687. The zero-order valence-electron chi connectivity index (χ0n) is 8.55. The van der Waals surface area contributed by atoms with Gasteiger partial charge in [-0.3, -0.25) is 0 Å². The zero-order valence-corrected chi connectivity index (χ0v) is 9.31. The molecule has 1 nitrogen and oxygen atoms in total. The smallest absolute Gasteiger partial charge is 0.0725 e. The highest BCUT2D eigenvalue weighted by Crippen LogP contribution is 2.20. The lowest BCUT2D eigenvalue weighted by Crippen LogP contribution is -1.83. The average Bonchev–Trinajstić information content (AvgIpc) is 2.71. The topological polar surface area (TPSA) is 9.23 Å². The van der Waals surface area contributed by atoms with Crippen LogP contribution in [0.15, 0.2) is 18.2 Å². The third-order valence-corrected chi connectivity index (χ3v) is 2.66. The number of unbranched alkanes of at least 4 members (excludes halogenated alkanes) is 1. The summed E-state index contributed by atoms with van der Waals surface area (Å²) in [6.07, 6.45) is 1.83. The van der Waals surface area contributed by atoms with Crippen molar-refractivity contribution in [2.45, 2.75) is 26.1 Å². The molecular formula is C13H13ClO. The Bertz CT molecular complexity index is 401. The molecule has 78 valence electrons. The quantitative estimate of drug-likeness (QED) is 0.423. The lowest BCUT2D eigenvalue weighted by Gasteiger charge is -1.96. The Morgan fingerprint density at radius 3 is 3.00 bits per heavy atom. The number of alkyl halides is 1. The van der Waals surface area contributed by atoms with Crippen LogP contribution in [0.4, 0.5) is 0 Å². The van der Waals surface area contributed by atoms with Crippen molar-refractivity contribution in [2.75, 3.05) is 5.88 Å². The van der Waals surface area contributed by atoms with Crippen molar-refractivity contribution in [1.82, 2.24) is 0 Å². The number of halogens is 1.